The van der Waals surface area contributed by atoms with Crippen LogP contribution in [0.15, 0.2) is 24.3 Å². The molecule has 1 aromatic heterocycles. The number of carboxylic acids is 1. The molecule has 22 heavy (non-hydrogen) atoms. The second kappa shape index (κ2) is 5.76. The van der Waals surface area contributed by atoms with Gasteiger partial charge in [-0.05, 0) is 12.5 Å². The van der Waals surface area contributed by atoms with Crippen molar-refractivity contribution < 1.29 is 19.4 Å². The molecule has 2 aromatic rings. The van der Waals surface area contributed by atoms with Gasteiger partial charge in [-0.1, -0.05) is 18.2 Å². The summed E-state index contributed by atoms with van der Waals surface area (Å²) in [4.78, 5) is 25.3. The quantitative estimate of drug-likeness (QED) is 0.886. The van der Waals surface area contributed by atoms with Crippen molar-refractivity contribution >= 4 is 22.8 Å². The molecule has 7 heteroatoms. The van der Waals surface area contributed by atoms with E-state index in [0.717, 1.165) is 10.9 Å². The van der Waals surface area contributed by atoms with Gasteiger partial charge in [0, 0.05) is 25.1 Å². The number of hydrogen-bond donors (Lipinski definition) is 2. The van der Waals surface area contributed by atoms with Gasteiger partial charge in [0.15, 0.2) is 5.69 Å². The van der Waals surface area contributed by atoms with Crippen LogP contribution in [0.2, 0.25) is 0 Å². The number of nitrogens with one attached hydrogen (secondary N) is 1. The smallest absolute Gasteiger partial charge is 0.305 e. The third kappa shape index (κ3) is 2.55. The summed E-state index contributed by atoms with van der Waals surface area (Å²) >= 11 is 0. The Balaban J connectivity index is 1.90. The van der Waals surface area contributed by atoms with E-state index < -0.39 is 5.97 Å². The number of carbonyl (C=O) groups excluding carboxylic acids is 1. The highest BCUT2D eigenvalue weighted by molar-refractivity contribution is 6.04. The van der Waals surface area contributed by atoms with E-state index in [1.807, 2.05) is 24.3 Å². The Bertz CT molecular complexity index is 712. The lowest BCUT2D eigenvalue weighted by atomic mass is 10.1. The molecule has 1 saturated heterocycles. The minimum Gasteiger partial charge on any atom is -0.481 e. The SMILES string of the molecule is COC1CC(CC(=O)O)N(C(=O)c2n[nH]c3ccccc23)C1. The second-order valence-corrected chi connectivity index (χ2v) is 5.42. The molecule has 0 aliphatic carbocycles. The Morgan fingerprint density at radius 2 is 2.23 bits per heavy atom. The zero-order valence-corrected chi connectivity index (χ0v) is 12.2. The van der Waals surface area contributed by atoms with Crippen LogP contribution in [0.5, 0.6) is 0 Å². The van der Waals surface area contributed by atoms with Gasteiger partial charge in [-0.25, -0.2) is 0 Å². The van der Waals surface area contributed by atoms with E-state index >= 15 is 0 Å². The number of ether oxygens (including phenoxy) is 1. The first-order valence-electron chi connectivity index (χ1n) is 7.08. The van der Waals surface area contributed by atoms with Crippen LogP contribution in [-0.4, -0.2) is 57.9 Å². The van der Waals surface area contributed by atoms with E-state index in [-0.39, 0.29) is 24.5 Å². The fraction of sp³-hybridized carbons (Fsp3) is 0.400. The van der Waals surface area contributed by atoms with Gasteiger partial charge in [-0.15, -0.1) is 0 Å². The molecule has 0 bridgehead atoms. The summed E-state index contributed by atoms with van der Waals surface area (Å²) < 4.78 is 5.29. The van der Waals surface area contributed by atoms with E-state index in [2.05, 4.69) is 10.2 Å². The van der Waals surface area contributed by atoms with Gasteiger partial charge >= 0.3 is 5.97 Å². The maximum Gasteiger partial charge on any atom is 0.305 e. The molecule has 1 aliphatic rings. The number of aromatic amines is 1. The number of nitrogens with zero attached hydrogens (tertiary/aromatic N) is 2. The summed E-state index contributed by atoms with van der Waals surface area (Å²) in [6.45, 7) is 0.383. The summed E-state index contributed by atoms with van der Waals surface area (Å²) in [5.41, 5.74) is 1.10. The lowest BCUT2D eigenvalue weighted by molar-refractivity contribution is -0.137. The third-order valence-electron chi connectivity index (χ3n) is 4.05. The molecule has 0 spiro atoms. The van der Waals surface area contributed by atoms with E-state index in [1.54, 1.807) is 12.0 Å². The number of carbonyl (C=O) groups is 2. The van der Waals surface area contributed by atoms with Crippen LogP contribution in [0.3, 0.4) is 0 Å². The summed E-state index contributed by atoms with van der Waals surface area (Å²) in [7, 11) is 1.57. The second-order valence-electron chi connectivity index (χ2n) is 5.42. The molecule has 0 radical (unpaired) electrons. The predicted octanol–water partition coefficient (Wildman–Crippen LogP) is 1.27. The first kappa shape index (κ1) is 14.5. The first-order valence-corrected chi connectivity index (χ1v) is 7.08. The van der Waals surface area contributed by atoms with Crippen LogP contribution < -0.4 is 0 Å². The van der Waals surface area contributed by atoms with Gasteiger partial charge in [-0.3, -0.25) is 14.7 Å². The topological polar surface area (TPSA) is 95.5 Å². The molecule has 1 aromatic carbocycles. The van der Waals surface area contributed by atoms with E-state index in [0.29, 0.717) is 18.7 Å². The highest BCUT2D eigenvalue weighted by Gasteiger charge is 2.38. The predicted molar refractivity (Wildman–Crippen MR) is 78.6 cm³/mol. The van der Waals surface area contributed by atoms with E-state index in [1.165, 1.54) is 0 Å². The van der Waals surface area contributed by atoms with Crippen molar-refractivity contribution in [3.05, 3.63) is 30.0 Å². The first-order chi connectivity index (χ1) is 10.6. The van der Waals surface area contributed by atoms with Crippen molar-refractivity contribution in [3.8, 4) is 0 Å². The lowest BCUT2D eigenvalue weighted by Gasteiger charge is -2.22. The Morgan fingerprint density at radius 1 is 1.45 bits per heavy atom. The number of H-pyrrole nitrogens is 1. The van der Waals surface area contributed by atoms with Crippen molar-refractivity contribution in [1.29, 1.82) is 0 Å². The average molecular weight is 303 g/mol. The van der Waals surface area contributed by atoms with Gasteiger partial charge in [0.05, 0.1) is 18.0 Å². The molecule has 1 amide bonds. The number of aromatic nitrogens is 2. The van der Waals surface area contributed by atoms with Gasteiger partial charge in [0.1, 0.15) is 0 Å². The highest BCUT2D eigenvalue weighted by Crippen LogP contribution is 2.26. The summed E-state index contributed by atoms with van der Waals surface area (Å²) in [6, 6.07) is 6.99. The molecule has 2 N–H and O–H groups in total. The Morgan fingerprint density at radius 3 is 2.95 bits per heavy atom. The third-order valence-corrected chi connectivity index (χ3v) is 4.05. The van der Waals surface area contributed by atoms with Gasteiger partial charge in [0.2, 0.25) is 0 Å². The minimum atomic E-state index is -0.925. The molecule has 2 heterocycles. The largest absolute Gasteiger partial charge is 0.481 e. The van der Waals surface area contributed by atoms with Crippen molar-refractivity contribution in [3.63, 3.8) is 0 Å². The number of benzene rings is 1. The molecule has 116 valence electrons. The average Bonchev–Trinajstić information content (AvgIpc) is 3.10. The van der Waals surface area contributed by atoms with Crippen molar-refractivity contribution in [2.75, 3.05) is 13.7 Å². The molecule has 1 aliphatic heterocycles. The molecular weight excluding hydrogens is 286 g/mol. The van der Waals surface area contributed by atoms with Crippen LogP contribution in [0.1, 0.15) is 23.3 Å². The van der Waals surface area contributed by atoms with Crippen molar-refractivity contribution in [2.45, 2.75) is 25.0 Å². The number of likely N-dealkylation sites (tertiary alicyclic amines) is 1. The van der Waals surface area contributed by atoms with E-state index in [4.69, 9.17) is 9.84 Å². The fourth-order valence-corrected chi connectivity index (χ4v) is 2.95. The fourth-order valence-electron chi connectivity index (χ4n) is 2.95. The van der Waals surface area contributed by atoms with Gasteiger partial charge in [0.25, 0.3) is 5.91 Å². The maximum absolute atomic E-state index is 12.8. The molecule has 0 saturated carbocycles. The highest BCUT2D eigenvalue weighted by atomic mass is 16.5. The molecule has 7 nitrogen and oxygen atoms in total. The summed E-state index contributed by atoms with van der Waals surface area (Å²) in [5.74, 6) is -1.19. The monoisotopic (exact) mass is 303 g/mol. The van der Waals surface area contributed by atoms with Crippen LogP contribution >= 0.6 is 0 Å². The van der Waals surface area contributed by atoms with Gasteiger partial charge < -0.3 is 14.7 Å². The number of hydrogen-bond acceptors (Lipinski definition) is 4. The number of methoxy groups -OCH3 is 1. The number of fused-ring (bicyclic) bond motifs is 1. The Labute approximate surface area is 126 Å². The molecule has 2 unspecified atom stereocenters. The number of aliphatic carboxylic acids is 1. The molecule has 3 rings (SSSR count). The Kier molecular flexibility index (Phi) is 3.81. The summed E-state index contributed by atoms with van der Waals surface area (Å²) in [5, 5.41) is 16.7. The maximum atomic E-state index is 12.8. The van der Waals surface area contributed by atoms with Gasteiger partial charge in [-0.2, -0.15) is 5.10 Å². The summed E-state index contributed by atoms with van der Waals surface area (Å²) in [6.07, 6.45) is 0.295. The zero-order chi connectivity index (χ0) is 15.7. The van der Waals surface area contributed by atoms with Crippen LogP contribution in [-0.2, 0) is 9.53 Å². The van der Waals surface area contributed by atoms with Crippen LogP contribution in [0.4, 0.5) is 0 Å². The Hall–Kier alpha value is -2.41. The van der Waals surface area contributed by atoms with E-state index in [9.17, 15) is 9.59 Å². The number of amides is 1. The minimum absolute atomic E-state index is 0.0893. The lowest BCUT2D eigenvalue weighted by Crippen LogP contribution is -2.37. The molecule has 2 atom stereocenters. The van der Waals surface area contributed by atoms with Crippen molar-refractivity contribution in [1.82, 2.24) is 15.1 Å². The number of rotatable bonds is 4. The van der Waals surface area contributed by atoms with Crippen molar-refractivity contribution in [2.24, 2.45) is 0 Å². The molecule has 1 fully saturated rings. The normalized spacial score (nSPS) is 21.4. The van der Waals surface area contributed by atoms with Crippen LogP contribution in [0.25, 0.3) is 10.9 Å². The molecular formula is C15H17N3O4. The standard InChI is InChI=1S/C15H17N3O4/c1-22-10-6-9(7-13(19)20)18(8-10)15(21)14-11-4-2-3-5-12(11)16-17-14/h2-5,9-10H,6-8H2,1H3,(H,16,17)(H,19,20). The zero-order valence-electron chi connectivity index (χ0n) is 12.2. The number of carboxylic acid groups (broad SMARTS) is 1. The van der Waals surface area contributed by atoms with Crippen LogP contribution in [0, 0.1) is 0 Å². The number of para-hydroxylation sites is 1.